The number of amides is 1. The number of anilines is 1. The van der Waals surface area contributed by atoms with E-state index in [1.54, 1.807) is 0 Å². The number of likely N-dealkylation sites (N-methyl/N-ethyl adjacent to an activating group) is 1. The summed E-state index contributed by atoms with van der Waals surface area (Å²) in [6, 6.07) is 13.1. The lowest BCUT2D eigenvalue weighted by molar-refractivity contribution is -0.145. The summed E-state index contributed by atoms with van der Waals surface area (Å²) >= 11 is 0. The fourth-order valence-electron chi connectivity index (χ4n) is 4.27. The predicted octanol–water partition coefficient (Wildman–Crippen LogP) is 3.80. The second-order valence-electron chi connectivity index (χ2n) is 9.56. The third kappa shape index (κ3) is 7.31. The van der Waals surface area contributed by atoms with Gasteiger partial charge in [0.1, 0.15) is 5.75 Å². The standard InChI is InChI=1S/C28H36N4O4/c1-3-4-15-35-27(33)17-22-16-24-18-25(9-10-26(24)36-20-22)30-28(34)23-7-5-21(6-8-23)19-29-32-13-11-31(2)12-14-32/h5-10,18-19,22H,3-4,11-17,20H2,1-2H3,(H,30,34). The van der Waals surface area contributed by atoms with Crippen LogP contribution in [0.5, 0.6) is 5.75 Å². The number of benzene rings is 2. The summed E-state index contributed by atoms with van der Waals surface area (Å²) in [4.78, 5) is 27.2. The van der Waals surface area contributed by atoms with Crippen LogP contribution in [0.25, 0.3) is 0 Å². The lowest BCUT2D eigenvalue weighted by Crippen LogP contribution is -2.41. The molecule has 2 aromatic rings. The van der Waals surface area contributed by atoms with Crippen molar-refractivity contribution in [2.24, 2.45) is 11.0 Å². The van der Waals surface area contributed by atoms with E-state index in [1.165, 1.54) is 0 Å². The summed E-state index contributed by atoms with van der Waals surface area (Å²) in [6.07, 6.45) is 4.77. The molecular weight excluding hydrogens is 456 g/mol. The minimum absolute atomic E-state index is 0.0673. The Hall–Kier alpha value is -3.39. The van der Waals surface area contributed by atoms with Crippen LogP contribution in [-0.2, 0) is 16.0 Å². The minimum atomic E-state index is -0.179. The van der Waals surface area contributed by atoms with E-state index in [2.05, 4.69) is 34.3 Å². The number of hydrazone groups is 1. The number of esters is 1. The number of nitrogens with zero attached hydrogens (tertiary/aromatic N) is 3. The van der Waals surface area contributed by atoms with E-state index < -0.39 is 0 Å². The van der Waals surface area contributed by atoms with Crippen LogP contribution >= 0.6 is 0 Å². The number of piperazine rings is 1. The molecule has 1 fully saturated rings. The van der Waals surface area contributed by atoms with Crippen molar-refractivity contribution >= 4 is 23.8 Å². The number of hydrogen-bond acceptors (Lipinski definition) is 7. The minimum Gasteiger partial charge on any atom is -0.493 e. The Kier molecular flexibility index (Phi) is 8.95. The van der Waals surface area contributed by atoms with E-state index in [4.69, 9.17) is 9.47 Å². The average Bonchev–Trinajstić information content (AvgIpc) is 2.88. The molecule has 0 bridgehead atoms. The normalized spacial score (nSPS) is 17.9. The monoisotopic (exact) mass is 492 g/mol. The molecule has 2 aromatic carbocycles. The summed E-state index contributed by atoms with van der Waals surface area (Å²) in [5.74, 6) is 0.512. The maximum Gasteiger partial charge on any atom is 0.306 e. The van der Waals surface area contributed by atoms with Crippen LogP contribution < -0.4 is 10.1 Å². The zero-order valence-electron chi connectivity index (χ0n) is 21.2. The van der Waals surface area contributed by atoms with Gasteiger partial charge in [-0.3, -0.25) is 14.6 Å². The van der Waals surface area contributed by atoms with E-state index in [0.717, 1.165) is 55.9 Å². The highest BCUT2D eigenvalue weighted by atomic mass is 16.5. The third-order valence-electron chi connectivity index (χ3n) is 6.54. The highest BCUT2D eigenvalue weighted by Gasteiger charge is 2.23. The van der Waals surface area contributed by atoms with Gasteiger partial charge in [-0.05, 0) is 61.3 Å². The van der Waals surface area contributed by atoms with Gasteiger partial charge in [-0.15, -0.1) is 0 Å². The number of unbranched alkanes of at least 4 members (excludes halogenated alkanes) is 1. The molecule has 8 heteroatoms. The Bertz CT molecular complexity index is 1060. The molecule has 36 heavy (non-hydrogen) atoms. The van der Waals surface area contributed by atoms with Crippen LogP contribution in [0.3, 0.4) is 0 Å². The van der Waals surface area contributed by atoms with Crippen molar-refractivity contribution in [2.45, 2.75) is 32.6 Å². The summed E-state index contributed by atoms with van der Waals surface area (Å²) in [7, 11) is 2.12. The molecule has 1 N–H and O–H groups in total. The van der Waals surface area contributed by atoms with Crippen LogP contribution in [0, 0.1) is 5.92 Å². The molecular formula is C28H36N4O4. The quantitative estimate of drug-likeness (QED) is 0.326. The molecule has 192 valence electrons. The first-order valence-corrected chi connectivity index (χ1v) is 12.8. The summed E-state index contributed by atoms with van der Waals surface area (Å²) < 4.78 is 11.1. The Morgan fingerprint density at radius 1 is 1.14 bits per heavy atom. The molecule has 0 radical (unpaired) electrons. The number of ether oxygens (including phenoxy) is 2. The van der Waals surface area contributed by atoms with Crippen molar-refractivity contribution in [3.63, 3.8) is 0 Å². The van der Waals surface area contributed by atoms with Gasteiger partial charge in [-0.2, -0.15) is 5.10 Å². The van der Waals surface area contributed by atoms with Crippen LogP contribution in [0.1, 0.15) is 47.7 Å². The molecule has 1 saturated heterocycles. The Morgan fingerprint density at radius 3 is 2.67 bits per heavy atom. The molecule has 8 nitrogen and oxygen atoms in total. The molecule has 0 spiro atoms. The van der Waals surface area contributed by atoms with Crippen molar-refractivity contribution in [3.05, 3.63) is 59.2 Å². The van der Waals surface area contributed by atoms with Gasteiger partial charge in [0.2, 0.25) is 0 Å². The maximum absolute atomic E-state index is 12.8. The van der Waals surface area contributed by atoms with Crippen molar-refractivity contribution in [3.8, 4) is 5.75 Å². The van der Waals surface area contributed by atoms with E-state index >= 15 is 0 Å². The molecule has 0 aliphatic carbocycles. The van der Waals surface area contributed by atoms with Crippen molar-refractivity contribution in [2.75, 3.05) is 51.8 Å². The van der Waals surface area contributed by atoms with Gasteiger partial charge >= 0.3 is 5.97 Å². The first-order chi connectivity index (χ1) is 17.5. The topological polar surface area (TPSA) is 83.5 Å². The van der Waals surface area contributed by atoms with Gasteiger partial charge in [0.05, 0.1) is 25.8 Å². The zero-order chi connectivity index (χ0) is 25.3. The van der Waals surface area contributed by atoms with Crippen LogP contribution in [0.2, 0.25) is 0 Å². The van der Waals surface area contributed by atoms with Crippen molar-refractivity contribution < 1.29 is 19.1 Å². The van der Waals surface area contributed by atoms with Crippen LogP contribution in [0.4, 0.5) is 5.69 Å². The lowest BCUT2D eigenvalue weighted by atomic mass is 9.93. The van der Waals surface area contributed by atoms with Gasteiger partial charge in [0.25, 0.3) is 5.91 Å². The predicted molar refractivity (Wildman–Crippen MR) is 141 cm³/mol. The summed E-state index contributed by atoms with van der Waals surface area (Å²) in [6.45, 7) is 6.89. The van der Waals surface area contributed by atoms with E-state index in [1.807, 2.05) is 48.7 Å². The largest absolute Gasteiger partial charge is 0.493 e. The number of rotatable bonds is 9. The van der Waals surface area contributed by atoms with E-state index in [-0.39, 0.29) is 17.8 Å². The first-order valence-electron chi connectivity index (χ1n) is 12.8. The number of hydrogen-bond donors (Lipinski definition) is 1. The number of fused-ring (bicyclic) bond motifs is 1. The zero-order valence-corrected chi connectivity index (χ0v) is 21.2. The second-order valence-corrected chi connectivity index (χ2v) is 9.56. The molecule has 1 amide bonds. The van der Waals surface area contributed by atoms with Crippen molar-refractivity contribution in [1.29, 1.82) is 0 Å². The first kappa shape index (κ1) is 25.7. The fraction of sp³-hybridized carbons (Fsp3) is 0.464. The second kappa shape index (κ2) is 12.5. The SMILES string of the molecule is CCCCOC(=O)CC1COc2ccc(NC(=O)c3ccc(C=NN4CCN(C)CC4)cc3)cc2C1. The lowest BCUT2D eigenvalue weighted by Gasteiger charge is -2.30. The summed E-state index contributed by atoms with van der Waals surface area (Å²) in [5.41, 5.74) is 3.22. The molecule has 1 atom stereocenters. The smallest absolute Gasteiger partial charge is 0.306 e. The van der Waals surface area contributed by atoms with Gasteiger partial charge < -0.3 is 19.7 Å². The Morgan fingerprint density at radius 2 is 1.92 bits per heavy atom. The highest BCUT2D eigenvalue weighted by Crippen LogP contribution is 2.31. The number of nitrogens with one attached hydrogen (secondary N) is 1. The molecule has 2 heterocycles. The van der Waals surface area contributed by atoms with Gasteiger partial charge in [-0.25, -0.2) is 0 Å². The number of carbonyl (C=O) groups excluding carboxylic acids is 2. The molecule has 4 rings (SSSR count). The molecule has 0 aromatic heterocycles. The third-order valence-corrected chi connectivity index (χ3v) is 6.54. The van der Waals surface area contributed by atoms with E-state index in [9.17, 15) is 9.59 Å². The molecule has 2 aliphatic rings. The van der Waals surface area contributed by atoms with Crippen LogP contribution in [-0.4, -0.2) is 74.4 Å². The Balaban J connectivity index is 1.30. The summed E-state index contributed by atoms with van der Waals surface area (Å²) in [5, 5.41) is 9.60. The molecule has 0 saturated carbocycles. The Labute approximate surface area is 213 Å². The fourth-order valence-corrected chi connectivity index (χ4v) is 4.27. The number of carbonyl (C=O) groups is 2. The highest BCUT2D eigenvalue weighted by molar-refractivity contribution is 6.04. The van der Waals surface area contributed by atoms with Gasteiger partial charge in [-0.1, -0.05) is 25.5 Å². The average molecular weight is 493 g/mol. The van der Waals surface area contributed by atoms with Crippen molar-refractivity contribution in [1.82, 2.24) is 9.91 Å². The molecule has 1 unspecified atom stereocenters. The molecule has 2 aliphatic heterocycles. The van der Waals surface area contributed by atoms with Gasteiger partial charge in [0.15, 0.2) is 0 Å². The maximum atomic E-state index is 12.8. The van der Waals surface area contributed by atoms with Crippen LogP contribution in [0.15, 0.2) is 47.6 Å². The van der Waals surface area contributed by atoms with Gasteiger partial charge in [0, 0.05) is 43.3 Å². The van der Waals surface area contributed by atoms with E-state index in [0.29, 0.717) is 37.3 Å².